The van der Waals surface area contributed by atoms with E-state index in [1.807, 2.05) is 0 Å². The highest BCUT2D eigenvalue weighted by Crippen LogP contribution is 2.28. The zero-order valence-electron chi connectivity index (χ0n) is 10.7. The SMILES string of the molecule is Brc1ccc2[nH]c(-c3ccc4ccccc4c3)cc2c1. The number of nitrogens with one attached hydrogen (secondary N) is 1. The fourth-order valence-electron chi connectivity index (χ4n) is 2.62. The predicted molar refractivity (Wildman–Crippen MR) is 88.9 cm³/mol. The Kier molecular flexibility index (Phi) is 2.64. The van der Waals surface area contributed by atoms with E-state index in [1.54, 1.807) is 0 Å². The van der Waals surface area contributed by atoms with E-state index in [1.165, 1.54) is 21.7 Å². The number of rotatable bonds is 1. The van der Waals surface area contributed by atoms with Crippen molar-refractivity contribution in [3.63, 3.8) is 0 Å². The zero-order chi connectivity index (χ0) is 13.5. The first-order valence-electron chi connectivity index (χ1n) is 6.57. The summed E-state index contributed by atoms with van der Waals surface area (Å²) < 4.78 is 1.11. The third kappa shape index (κ3) is 1.93. The normalized spacial score (nSPS) is 11.2. The van der Waals surface area contributed by atoms with Crippen LogP contribution in [0.4, 0.5) is 0 Å². The third-order valence-corrected chi connectivity index (χ3v) is 4.14. The highest BCUT2D eigenvalue weighted by molar-refractivity contribution is 9.10. The number of aromatic amines is 1. The van der Waals surface area contributed by atoms with Gasteiger partial charge in [0, 0.05) is 21.1 Å². The van der Waals surface area contributed by atoms with Gasteiger partial charge in [0.2, 0.25) is 0 Å². The van der Waals surface area contributed by atoms with Crippen LogP contribution in [0.5, 0.6) is 0 Å². The Balaban J connectivity index is 1.91. The van der Waals surface area contributed by atoms with Gasteiger partial charge in [-0.2, -0.15) is 0 Å². The van der Waals surface area contributed by atoms with Crippen LogP contribution in [0.1, 0.15) is 0 Å². The van der Waals surface area contributed by atoms with Crippen molar-refractivity contribution in [2.45, 2.75) is 0 Å². The molecule has 0 radical (unpaired) electrons. The molecule has 2 heteroatoms. The lowest BCUT2D eigenvalue weighted by molar-refractivity contribution is 1.46. The molecule has 0 aliphatic rings. The number of hydrogen-bond donors (Lipinski definition) is 1. The molecule has 1 N–H and O–H groups in total. The molecule has 4 aromatic rings. The molecule has 0 aliphatic heterocycles. The van der Waals surface area contributed by atoms with Crippen molar-refractivity contribution in [3.8, 4) is 11.3 Å². The van der Waals surface area contributed by atoms with Gasteiger partial charge in [0.05, 0.1) is 0 Å². The lowest BCUT2D eigenvalue weighted by Gasteiger charge is -2.01. The first-order valence-corrected chi connectivity index (χ1v) is 7.36. The molecule has 0 aliphatic carbocycles. The van der Waals surface area contributed by atoms with Gasteiger partial charge in [-0.25, -0.2) is 0 Å². The van der Waals surface area contributed by atoms with Gasteiger partial charge in [-0.3, -0.25) is 0 Å². The molecule has 0 bridgehead atoms. The quantitative estimate of drug-likeness (QED) is 0.459. The van der Waals surface area contributed by atoms with Gasteiger partial charge in [0.25, 0.3) is 0 Å². The van der Waals surface area contributed by atoms with Crippen molar-refractivity contribution in [1.29, 1.82) is 0 Å². The summed E-state index contributed by atoms with van der Waals surface area (Å²) in [5, 5.41) is 3.77. The molecule has 0 saturated heterocycles. The first-order chi connectivity index (χ1) is 9.79. The minimum Gasteiger partial charge on any atom is -0.355 e. The Morgan fingerprint density at radius 3 is 2.45 bits per heavy atom. The fourth-order valence-corrected chi connectivity index (χ4v) is 2.99. The second-order valence-electron chi connectivity index (χ2n) is 4.98. The van der Waals surface area contributed by atoms with Crippen molar-refractivity contribution < 1.29 is 0 Å². The van der Waals surface area contributed by atoms with E-state index < -0.39 is 0 Å². The number of aromatic nitrogens is 1. The largest absolute Gasteiger partial charge is 0.355 e. The van der Waals surface area contributed by atoms with E-state index in [2.05, 4.69) is 87.6 Å². The molecular formula is C18H12BrN. The molecule has 0 saturated carbocycles. The maximum atomic E-state index is 3.52. The summed E-state index contributed by atoms with van der Waals surface area (Å²) >= 11 is 3.52. The van der Waals surface area contributed by atoms with E-state index in [9.17, 15) is 0 Å². The molecule has 96 valence electrons. The van der Waals surface area contributed by atoms with E-state index in [0.717, 1.165) is 15.7 Å². The van der Waals surface area contributed by atoms with Crippen molar-refractivity contribution >= 4 is 37.6 Å². The summed E-state index contributed by atoms with van der Waals surface area (Å²) in [6.07, 6.45) is 0. The van der Waals surface area contributed by atoms with Crippen molar-refractivity contribution in [2.75, 3.05) is 0 Å². The maximum absolute atomic E-state index is 3.52. The molecule has 0 amide bonds. The van der Waals surface area contributed by atoms with Gasteiger partial charge >= 0.3 is 0 Å². The molecule has 1 aromatic heterocycles. The molecular weight excluding hydrogens is 310 g/mol. The van der Waals surface area contributed by atoms with E-state index in [4.69, 9.17) is 0 Å². The molecule has 0 atom stereocenters. The van der Waals surface area contributed by atoms with Crippen molar-refractivity contribution in [3.05, 3.63) is 71.2 Å². The number of halogens is 1. The van der Waals surface area contributed by atoms with E-state index >= 15 is 0 Å². The van der Waals surface area contributed by atoms with Gasteiger partial charge in [-0.05, 0) is 46.7 Å². The van der Waals surface area contributed by atoms with Gasteiger partial charge < -0.3 is 4.98 Å². The third-order valence-electron chi connectivity index (χ3n) is 3.64. The Labute approximate surface area is 125 Å². The molecule has 0 spiro atoms. The zero-order valence-corrected chi connectivity index (χ0v) is 12.3. The summed E-state index contributed by atoms with van der Waals surface area (Å²) in [6, 6.07) is 23.5. The highest BCUT2D eigenvalue weighted by atomic mass is 79.9. The van der Waals surface area contributed by atoms with Crippen LogP contribution in [0, 0.1) is 0 Å². The van der Waals surface area contributed by atoms with Crippen molar-refractivity contribution in [1.82, 2.24) is 4.98 Å². The van der Waals surface area contributed by atoms with Gasteiger partial charge in [0.15, 0.2) is 0 Å². The number of hydrogen-bond acceptors (Lipinski definition) is 0. The number of H-pyrrole nitrogens is 1. The van der Waals surface area contributed by atoms with Gasteiger partial charge in [0.1, 0.15) is 0 Å². The average molecular weight is 322 g/mol. The van der Waals surface area contributed by atoms with E-state index in [0.29, 0.717) is 0 Å². The molecule has 3 aromatic carbocycles. The summed E-state index contributed by atoms with van der Waals surface area (Å²) in [5.41, 5.74) is 3.54. The average Bonchev–Trinajstić information content (AvgIpc) is 2.89. The number of benzene rings is 3. The Bertz CT molecular complexity index is 921. The summed E-state index contributed by atoms with van der Waals surface area (Å²) in [5.74, 6) is 0. The fraction of sp³-hybridized carbons (Fsp3) is 0. The standard InChI is InChI=1S/C18H12BrN/c19-16-7-8-17-15(10-16)11-18(20-17)14-6-5-12-3-1-2-4-13(12)9-14/h1-11,20H. The highest BCUT2D eigenvalue weighted by Gasteiger charge is 2.04. The van der Waals surface area contributed by atoms with Crippen LogP contribution in [0.2, 0.25) is 0 Å². The molecule has 4 rings (SSSR count). The first kappa shape index (κ1) is 11.7. The second kappa shape index (κ2) is 4.50. The monoisotopic (exact) mass is 321 g/mol. The molecule has 20 heavy (non-hydrogen) atoms. The lowest BCUT2D eigenvalue weighted by Crippen LogP contribution is -1.78. The summed E-state index contributed by atoms with van der Waals surface area (Å²) in [4.78, 5) is 3.48. The van der Waals surface area contributed by atoms with Crippen LogP contribution in [-0.4, -0.2) is 4.98 Å². The Morgan fingerprint density at radius 2 is 1.55 bits per heavy atom. The minimum atomic E-state index is 1.11. The van der Waals surface area contributed by atoms with Crippen LogP contribution < -0.4 is 0 Å². The van der Waals surface area contributed by atoms with Gasteiger partial charge in [-0.15, -0.1) is 0 Å². The van der Waals surface area contributed by atoms with Crippen molar-refractivity contribution in [2.24, 2.45) is 0 Å². The van der Waals surface area contributed by atoms with Gasteiger partial charge in [-0.1, -0.05) is 52.3 Å². The van der Waals surface area contributed by atoms with Crippen LogP contribution >= 0.6 is 15.9 Å². The summed E-state index contributed by atoms with van der Waals surface area (Å²) in [7, 11) is 0. The lowest BCUT2D eigenvalue weighted by atomic mass is 10.1. The Hall–Kier alpha value is -2.06. The minimum absolute atomic E-state index is 1.11. The van der Waals surface area contributed by atoms with Crippen LogP contribution in [0.3, 0.4) is 0 Å². The number of fused-ring (bicyclic) bond motifs is 2. The van der Waals surface area contributed by atoms with Crippen LogP contribution in [0.25, 0.3) is 32.9 Å². The Morgan fingerprint density at radius 1 is 0.700 bits per heavy atom. The molecule has 1 heterocycles. The smallest absolute Gasteiger partial charge is 0.0465 e. The topological polar surface area (TPSA) is 15.8 Å². The second-order valence-corrected chi connectivity index (χ2v) is 5.89. The van der Waals surface area contributed by atoms with E-state index in [-0.39, 0.29) is 0 Å². The predicted octanol–water partition coefficient (Wildman–Crippen LogP) is 5.75. The maximum Gasteiger partial charge on any atom is 0.0465 e. The molecule has 1 nitrogen and oxygen atoms in total. The molecule has 0 fully saturated rings. The molecule has 0 unspecified atom stereocenters. The van der Waals surface area contributed by atoms with Crippen LogP contribution in [0.15, 0.2) is 71.2 Å². The summed E-state index contributed by atoms with van der Waals surface area (Å²) in [6.45, 7) is 0. The van der Waals surface area contributed by atoms with Crippen LogP contribution in [-0.2, 0) is 0 Å².